The van der Waals surface area contributed by atoms with Crippen LogP contribution in [0.15, 0.2) is 0 Å². The van der Waals surface area contributed by atoms with Crippen LogP contribution in [0.3, 0.4) is 0 Å². The molecule has 76 valence electrons. The van der Waals surface area contributed by atoms with Crippen molar-refractivity contribution in [2.24, 2.45) is 11.5 Å². The van der Waals surface area contributed by atoms with Crippen molar-refractivity contribution in [2.45, 2.75) is 24.2 Å². The summed E-state index contributed by atoms with van der Waals surface area (Å²) in [5, 5.41) is 5.13. The fourth-order valence-corrected chi connectivity index (χ4v) is 1.69. The van der Waals surface area contributed by atoms with Crippen molar-refractivity contribution in [3.05, 3.63) is 0 Å². The predicted molar refractivity (Wildman–Crippen MR) is 44.6 cm³/mol. The minimum Gasteiger partial charge on any atom is -0.370 e. The topological polar surface area (TPSA) is 137 Å². The minimum absolute atomic E-state index is 0.136. The summed E-state index contributed by atoms with van der Waals surface area (Å²) in [6.45, 7) is 0. The van der Waals surface area contributed by atoms with E-state index in [1.54, 1.807) is 0 Å². The van der Waals surface area contributed by atoms with Gasteiger partial charge in [0.2, 0.25) is 5.91 Å². The average molecular weight is 198 g/mol. The lowest BCUT2D eigenvalue weighted by molar-refractivity contribution is -0.124. The number of carbonyl (C=O) groups excluding carboxylic acids is 3. The molecular weight excluding hydrogens is 188 g/mol. The minimum atomic E-state index is -1.13. The van der Waals surface area contributed by atoms with Gasteiger partial charge in [-0.05, 0) is 0 Å². The number of ketones is 1. The number of nitrogens with two attached hydrogens (primary N) is 2. The molecule has 2 aliphatic rings. The Kier molecular flexibility index (Phi) is 1.64. The lowest BCUT2D eigenvalue weighted by Gasteiger charge is -2.06. The standard InChI is InChI=1S/C7H10N4O3/c8-3(12)1-2-4(13)5(9)7(10-2)6(14)11-7/h2,5,10H,1,9H2,(H2,8,12)(H,11,14)/t2-,5?,7?/m0/s1. The highest BCUT2D eigenvalue weighted by Gasteiger charge is 2.66. The van der Waals surface area contributed by atoms with Gasteiger partial charge in [-0.15, -0.1) is 0 Å². The van der Waals surface area contributed by atoms with Gasteiger partial charge in [0.05, 0.1) is 6.04 Å². The molecule has 0 bridgehead atoms. The number of amides is 2. The van der Waals surface area contributed by atoms with Gasteiger partial charge in [0.25, 0.3) is 5.91 Å². The Hall–Kier alpha value is -1.47. The molecule has 1 spiro atoms. The van der Waals surface area contributed by atoms with E-state index < -0.39 is 23.7 Å². The van der Waals surface area contributed by atoms with Crippen LogP contribution in [0.25, 0.3) is 0 Å². The van der Waals surface area contributed by atoms with Gasteiger partial charge in [0.15, 0.2) is 11.4 Å². The molecule has 2 fully saturated rings. The zero-order chi connectivity index (χ0) is 10.5. The van der Waals surface area contributed by atoms with Gasteiger partial charge in [0, 0.05) is 6.42 Å². The van der Waals surface area contributed by atoms with Crippen LogP contribution in [0.2, 0.25) is 0 Å². The van der Waals surface area contributed by atoms with E-state index in [1.807, 2.05) is 0 Å². The van der Waals surface area contributed by atoms with E-state index in [9.17, 15) is 14.4 Å². The Labute approximate surface area is 79.2 Å². The normalized spacial score (nSPS) is 40.1. The smallest absolute Gasteiger partial charge is 0.264 e. The summed E-state index contributed by atoms with van der Waals surface area (Å²) >= 11 is 0. The second-order valence-corrected chi connectivity index (χ2v) is 3.51. The Morgan fingerprint density at radius 2 is 2.07 bits per heavy atom. The lowest BCUT2D eigenvalue weighted by atomic mass is 10.1. The number of rotatable bonds is 2. The van der Waals surface area contributed by atoms with Crippen LogP contribution in [0.5, 0.6) is 0 Å². The first-order valence-corrected chi connectivity index (χ1v) is 4.15. The van der Waals surface area contributed by atoms with E-state index in [2.05, 4.69) is 10.6 Å². The molecule has 2 aliphatic heterocycles. The van der Waals surface area contributed by atoms with Crippen LogP contribution in [-0.2, 0) is 14.4 Å². The van der Waals surface area contributed by atoms with Crippen molar-refractivity contribution >= 4 is 17.6 Å². The molecule has 3 atom stereocenters. The maximum Gasteiger partial charge on any atom is 0.264 e. The molecule has 0 saturated carbocycles. The fraction of sp³-hybridized carbons (Fsp3) is 0.571. The summed E-state index contributed by atoms with van der Waals surface area (Å²) in [6.07, 6.45) is -0.136. The molecular formula is C7H10N4O3. The van der Waals surface area contributed by atoms with Crippen LogP contribution >= 0.6 is 0 Å². The summed E-state index contributed by atoms with van der Waals surface area (Å²) in [6, 6.07) is -1.68. The number of Topliss-reactive ketones (excluding diaryl/α,β-unsaturated/α-hetero) is 1. The molecule has 2 heterocycles. The number of hydrogen-bond acceptors (Lipinski definition) is 5. The van der Waals surface area contributed by atoms with Gasteiger partial charge in [-0.2, -0.15) is 0 Å². The van der Waals surface area contributed by atoms with E-state index in [1.165, 1.54) is 0 Å². The van der Waals surface area contributed by atoms with Crippen molar-refractivity contribution < 1.29 is 14.4 Å². The Bertz CT molecular complexity index is 342. The number of primary amides is 1. The van der Waals surface area contributed by atoms with Crippen molar-refractivity contribution in [2.75, 3.05) is 0 Å². The molecule has 2 rings (SSSR count). The molecule has 14 heavy (non-hydrogen) atoms. The number of nitrogens with one attached hydrogen (secondary N) is 2. The quantitative estimate of drug-likeness (QED) is 0.342. The predicted octanol–water partition coefficient (Wildman–Crippen LogP) is -3.44. The highest BCUT2D eigenvalue weighted by molar-refractivity contribution is 6.12. The Morgan fingerprint density at radius 3 is 2.43 bits per heavy atom. The third-order valence-corrected chi connectivity index (χ3v) is 2.53. The first-order valence-electron chi connectivity index (χ1n) is 4.15. The Balaban J connectivity index is 2.14. The molecule has 0 aromatic heterocycles. The van der Waals surface area contributed by atoms with Gasteiger partial charge < -0.3 is 16.8 Å². The van der Waals surface area contributed by atoms with Gasteiger partial charge in [-0.1, -0.05) is 0 Å². The van der Waals surface area contributed by atoms with E-state index in [4.69, 9.17) is 11.5 Å². The summed E-state index contributed by atoms with van der Waals surface area (Å²) in [7, 11) is 0. The van der Waals surface area contributed by atoms with Gasteiger partial charge in [0.1, 0.15) is 6.04 Å². The molecule has 7 nitrogen and oxygen atoms in total. The van der Waals surface area contributed by atoms with Crippen molar-refractivity contribution in [3.8, 4) is 0 Å². The largest absolute Gasteiger partial charge is 0.370 e. The van der Waals surface area contributed by atoms with Gasteiger partial charge in [-0.3, -0.25) is 19.7 Å². The van der Waals surface area contributed by atoms with Crippen LogP contribution in [0.4, 0.5) is 0 Å². The second kappa shape index (κ2) is 2.52. The molecule has 0 aromatic carbocycles. The molecule has 2 saturated heterocycles. The van der Waals surface area contributed by atoms with Crippen molar-refractivity contribution in [3.63, 3.8) is 0 Å². The number of hydrogen-bond donors (Lipinski definition) is 4. The molecule has 6 N–H and O–H groups in total. The van der Waals surface area contributed by atoms with E-state index >= 15 is 0 Å². The third-order valence-electron chi connectivity index (χ3n) is 2.53. The maximum atomic E-state index is 11.5. The highest BCUT2D eigenvalue weighted by Crippen LogP contribution is 2.28. The van der Waals surface area contributed by atoms with Gasteiger partial charge in [-0.25, -0.2) is 0 Å². The fourth-order valence-electron chi connectivity index (χ4n) is 1.69. The third kappa shape index (κ3) is 1.03. The van der Waals surface area contributed by atoms with E-state index in [0.717, 1.165) is 0 Å². The second-order valence-electron chi connectivity index (χ2n) is 3.51. The molecule has 0 radical (unpaired) electrons. The lowest BCUT2D eigenvalue weighted by Crippen LogP contribution is -2.46. The first kappa shape index (κ1) is 9.10. The highest BCUT2D eigenvalue weighted by atomic mass is 16.2. The van der Waals surface area contributed by atoms with Crippen molar-refractivity contribution in [1.82, 2.24) is 10.6 Å². The molecule has 7 heteroatoms. The molecule has 2 amide bonds. The Morgan fingerprint density at radius 1 is 1.50 bits per heavy atom. The SMILES string of the molecule is NC(=O)C[C@@H]1NC2(NC2=O)C(N)C1=O. The molecule has 0 aliphatic carbocycles. The average Bonchev–Trinajstić information content (AvgIpc) is 2.67. The molecule has 2 unspecified atom stereocenters. The van der Waals surface area contributed by atoms with E-state index in [0.29, 0.717) is 0 Å². The molecule has 0 aromatic rings. The van der Waals surface area contributed by atoms with Gasteiger partial charge >= 0.3 is 0 Å². The van der Waals surface area contributed by atoms with Crippen LogP contribution in [0.1, 0.15) is 6.42 Å². The number of carbonyl (C=O) groups is 3. The van der Waals surface area contributed by atoms with Crippen molar-refractivity contribution in [1.29, 1.82) is 0 Å². The summed E-state index contributed by atoms with van der Waals surface area (Å²) < 4.78 is 0. The van der Waals surface area contributed by atoms with Crippen LogP contribution < -0.4 is 22.1 Å². The summed E-state index contributed by atoms with van der Waals surface area (Å²) in [4.78, 5) is 33.0. The zero-order valence-corrected chi connectivity index (χ0v) is 7.24. The summed E-state index contributed by atoms with van der Waals surface area (Å²) in [5.41, 5.74) is 9.35. The van der Waals surface area contributed by atoms with E-state index in [-0.39, 0.29) is 18.1 Å². The maximum absolute atomic E-state index is 11.5. The first-order chi connectivity index (χ1) is 6.47. The monoisotopic (exact) mass is 198 g/mol. The zero-order valence-electron chi connectivity index (χ0n) is 7.24. The summed E-state index contributed by atoms with van der Waals surface area (Å²) in [5.74, 6) is -1.28. The van der Waals surface area contributed by atoms with Crippen LogP contribution in [0, 0.1) is 0 Å². The van der Waals surface area contributed by atoms with Crippen LogP contribution in [-0.4, -0.2) is 35.3 Å².